The van der Waals surface area contributed by atoms with Gasteiger partial charge in [0.1, 0.15) is 11.7 Å². The highest BCUT2D eigenvalue weighted by Crippen LogP contribution is 2.17. The summed E-state index contributed by atoms with van der Waals surface area (Å²) in [5.41, 5.74) is 0.552. The zero-order valence-electron chi connectivity index (χ0n) is 12.3. The van der Waals surface area contributed by atoms with Gasteiger partial charge in [-0.15, -0.1) is 0 Å². The molecule has 6 heteroatoms. The first kappa shape index (κ1) is 14.6. The molecule has 6 nitrogen and oxygen atoms in total. The number of aromatic nitrogens is 2. The van der Waals surface area contributed by atoms with Crippen molar-refractivity contribution in [1.82, 2.24) is 20.0 Å². The van der Waals surface area contributed by atoms with Gasteiger partial charge in [-0.2, -0.15) is 5.10 Å². The van der Waals surface area contributed by atoms with Gasteiger partial charge >= 0.3 is 0 Å². The first-order valence-electron chi connectivity index (χ1n) is 7.18. The molecule has 1 N–H and O–H groups in total. The number of nitrogens with one attached hydrogen (secondary N) is 1. The van der Waals surface area contributed by atoms with Crippen LogP contribution in [0.2, 0.25) is 0 Å². The van der Waals surface area contributed by atoms with E-state index >= 15 is 0 Å². The Morgan fingerprint density at radius 3 is 2.95 bits per heavy atom. The second-order valence-corrected chi connectivity index (χ2v) is 5.35. The van der Waals surface area contributed by atoms with Crippen molar-refractivity contribution in [2.24, 2.45) is 0 Å². The summed E-state index contributed by atoms with van der Waals surface area (Å²) < 4.78 is 1.71. The number of hydrogen-bond donors (Lipinski definition) is 1. The molecule has 0 aliphatic carbocycles. The molecule has 0 saturated carbocycles. The molecule has 2 heterocycles. The minimum Gasteiger partial charge on any atom is -0.353 e. The molecule has 0 bridgehead atoms. The average molecular weight is 278 g/mol. The summed E-state index contributed by atoms with van der Waals surface area (Å²) in [7, 11) is 0. The maximum Gasteiger partial charge on any atom is 0.272 e. The van der Waals surface area contributed by atoms with Gasteiger partial charge in [-0.3, -0.25) is 14.3 Å². The number of piperazine rings is 1. The maximum atomic E-state index is 12.7. The lowest BCUT2D eigenvalue weighted by molar-refractivity contribution is -0.128. The molecule has 1 aromatic rings. The van der Waals surface area contributed by atoms with Crippen LogP contribution < -0.4 is 5.32 Å². The van der Waals surface area contributed by atoms with Gasteiger partial charge in [0, 0.05) is 25.3 Å². The molecule has 0 aromatic carbocycles. The van der Waals surface area contributed by atoms with Crippen molar-refractivity contribution in [3.8, 4) is 0 Å². The quantitative estimate of drug-likeness (QED) is 0.900. The van der Waals surface area contributed by atoms with Crippen LogP contribution in [-0.4, -0.2) is 45.6 Å². The summed E-state index contributed by atoms with van der Waals surface area (Å²) in [6, 6.07) is 1.47. The molecule has 1 unspecified atom stereocenters. The Kier molecular flexibility index (Phi) is 4.42. The number of amides is 2. The van der Waals surface area contributed by atoms with Crippen molar-refractivity contribution in [2.75, 3.05) is 13.1 Å². The minimum absolute atomic E-state index is 0.0536. The van der Waals surface area contributed by atoms with Crippen LogP contribution in [-0.2, 0) is 4.79 Å². The smallest absolute Gasteiger partial charge is 0.272 e. The van der Waals surface area contributed by atoms with Crippen molar-refractivity contribution in [2.45, 2.75) is 45.7 Å². The monoisotopic (exact) mass is 278 g/mol. The fraction of sp³-hybridized carbons (Fsp3) is 0.643. The third-order valence-electron chi connectivity index (χ3n) is 3.53. The standard InChI is InChI=1S/C14H22N4O2/c1-4-5-11-13(19)15-8-9-17(11)14(20)12-6-7-16-18(12)10(2)3/h6-7,10-11H,4-5,8-9H2,1-3H3,(H,15,19). The van der Waals surface area contributed by atoms with E-state index in [1.54, 1.807) is 21.8 Å². The van der Waals surface area contributed by atoms with E-state index < -0.39 is 0 Å². The lowest BCUT2D eigenvalue weighted by atomic mass is 10.1. The molecular formula is C14H22N4O2. The summed E-state index contributed by atoms with van der Waals surface area (Å²) in [4.78, 5) is 26.3. The number of nitrogens with zero attached hydrogens (tertiary/aromatic N) is 3. The van der Waals surface area contributed by atoms with Crippen LogP contribution in [0.4, 0.5) is 0 Å². The first-order valence-corrected chi connectivity index (χ1v) is 7.18. The molecule has 1 saturated heterocycles. The van der Waals surface area contributed by atoms with Crippen molar-refractivity contribution in [3.05, 3.63) is 18.0 Å². The Morgan fingerprint density at radius 1 is 1.55 bits per heavy atom. The van der Waals surface area contributed by atoms with E-state index in [9.17, 15) is 9.59 Å². The molecule has 1 aliphatic heterocycles. The zero-order valence-corrected chi connectivity index (χ0v) is 12.3. The largest absolute Gasteiger partial charge is 0.353 e. The van der Waals surface area contributed by atoms with Crippen LogP contribution in [0.1, 0.15) is 50.1 Å². The molecule has 110 valence electrons. The second-order valence-electron chi connectivity index (χ2n) is 5.35. The molecule has 0 spiro atoms. The summed E-state index contributed by atoms with van der Waals surface area (Å²) in [5, 5.41) is 7.02. The number of hydrogen-bond acceptors (Lipinski definition) is 3. The lowest BCUT2D eigenvalue weighted by Crippen LogP contribution is -2.57. The highest BCUT2D eigenvalue weighted by atomic mass is 16.2. The maximum absolute atomic E-state index is 12.7. The lowest BCUT2D eigenvalue weighted by Gasteiger charge is -2.35. The van der Waals surface area contributed by atoms with Gasteiger partial charge in [-0.05, 0) is 26.3 Å². The summed E-state index contributed by atoms with van der Waals surface area (Å²) in [6.45, 7) is 7.05. The van der Waals surface area contributed by atoms with Crippen LogP contribution >= 0.6 is 0 Å². The third-order valence-corrected chi connectivity index (χ3v) is 3.53. The predicted molar refractivity (Wildman–Crippen MR) is 75.4 cm³/mol. The number of rotatable bonds is 4. The summed E-state index contributed by atoms with van der Waals surface area (Å²) in [6.07, 6.45) is 3.19. The van der Waals surface area contributed by atoms with E-state index in [1.165, 1.54) is 0 Å². The van der Waals surface area contributed by atoms with Crippen LogP contribution in [0.25, 0.3) is 0 Å². The SMILES string of the molecule is CCCC1C(=O)NCCN1C(=O)c1ccnn1C(C)C. The normalized spacial score (nSPS) is 19.3. The van der Waals surface area contributed by atoms with Crippen molar-refractivity contribution in [3.63, 3.8) is 0 Å². The second kappa shape index (κ2) is 6.07. The molecule has 1 aromatic heterocycles. The van der Waals surface area contributed by atoms with E-state index in [1.807, 2.05) is 20.8 Å². The van der Waals surface area contributed by atoms with E-state index in [2.05, 4.69) is 10.4 Å². The fourth-order valence-corrected chi connectivity index (χ4v) is 2.56. The molecule has 1 fully saturated rings. The average Bonchev–Trinajstić information content (AvgIpc) is 2.90. The molecule has 1 atom stereocenters. The Bertz CT molecular complexity index is 495. The molecule has 2 amide bonds. The Hall–Kier alpha value is -1.85. The van der Waals surface area contributed by atoms with E-state index in [0.717, 1.165) is 6.42 Å². The van der Waals surface area contributed by atoms with Crippen LogP contribution in [0.3, 0.4) is 0 Å². The van der Waals surface area contributed by atoms with Crippen molar-refractivity contribution >= 4 is 11.8 Å². The Labute approximate surface area is 119 Å². The topological polar surface area (TPSA) is 67.2 Å². The van der Waals surface area contributed by atoms with E-state index in [-0.39, 0.29) is 23.9 Å². The molecule has 0 radical (unpaired) electrons. The van der Waals surface area contributed by atoms with Gasteiger partial charge in [0.25, 0.3) is 5.91 Å². The van der Waals surface area contributed by atoms with Crippen LogP contribution in [0.15, 0.2) is 12.3 Å². The van der Waals surface area contributed by atoms with Gasteiger partial charge in [0.05, 0.1) is 0 Å². The van der Waals surface area contributed by atoms with Gasteiger partial charge in [-0.1, -0.05) is 13.3 Å². The highest BCUT2D eigenvalue weighted by Gasteiger charge is 2.34. The van der Waals surface area contributed by atoms with Gasteiger partial charge in [0.2, 0.25) is 5.91 Å². The summed E-state index contributed by atoms with van der Waals surface area (Å²) in [5.74, 6) is -0.161. The van der Waals surface area contributed by atoms with Crippen molar-refractivity contribution < 1.29 is 9.59 Å². The highest BCUT2D eigenvalue weighted by molar-refractivity contribution is 5.97. The van der Waals surface area contributed by atoms with Gasteiger partial charge < -0.3 is 10.2 Å². The van der Waals surface area contributed by atoms with E-state index in [0.29, 0.717) is 25.2 Å². The Balaban J connectivity index is 2.26. The molecule has 2 rings (SSSR count). The van der Waals surface area contributed by atoms with Crippen LogP contribution in [0, 0.1) is 0 Å². The zero-order chi connectivity index (χ0) is 14.7. The molecule has 20 heavy (non-hydrogen) atoms. The van der Waals surface area contributed by atoms with Crippen LogP contribution in [0.5, 0.6) is 0 Å². The third kappa shape index (κ3) is 2.69. The van der Waals surface area contributed by atoms with Crippen molar-refractivity contribution in [1.29, 1.82) is 0 Å². The Morgan fingerprint density at radius 2 is 2.30 bits per heavy atom. The molecule has 1 aliphatic rings. The first-order chi connectivity index (χ1) is 9.56. The van der Waals surface area contributed by atoms with E-state index in [4.69, 9.17) is 0 Å². The minimum atomic E-state index is -0.364. The summed E-state index contributed by atoms with van der Waals surface area (Å²) >= 11 is 0. The van der Waals surface area contributed by atoms with Gasteiger partial charge in [0.15, 0.2) is 0 Å². The number of carbonyl (C=O) groups excluding carboxylic acids is 2. The predicted octanol–water partition coefficient (Wildman–Crippen LogP) is 1.20. The van der Waals surface area contributed by atoms with Gasteiger partial charge in [-0.25, -0.2) is 0 Å². The number of carbonyl (C=O) groups is 2. The molecular weight excluding hydrogens is 256 g/mol. The fourth-order valence-electron chi connectivity index (χ4n) is 2.56.